The van der Waals surface area contributed by atoms with Crippen molar-refractivity contribution in [1.29, 1.82) is 0 Å². The van der Waals surface area contributed by atoms with Gasteiger partial charge in [-0.2, -0.15) is 0 Å². The zero-order valence-electron chi connectivity index (χ0n) is 18.8. The topological polar surface area (TPSA) is 37.3 Å². The molecule has 0 saturated heterocycles. The number of fused-ring (bicyclic) bond motifs is 3. The minimum Gasteiger partial charge on any atom is -0.318 e. The van der Waals surface area contributed by atoms with Gasteiger partial charge >= 0.3 is 6.03 Å². The van der Waals surface area contributed by atoms with Gasteiger partial charge in [-0.1, -0.05) is 67.1 Å². The van der Waals surface area contributed by atoms with Gasteiger partial charge in [0.2, 0.25) is 0 Å². The standard InChI is InChI=1S/C28H26ClN3O/c1-3-20-11-13-21(14-12-20)27-26-9-6-16-31(26)25-8-5-4-7-22(25)18-32(27)28(33)30-23-15-10-19(2)24(29)17-23/h4-17,27H,3,18H2,1-2H3,(H,30,33)/t27-/m1/s1. The summed E-state index contributed by atoms with van der Waals surface area (Å²) in [5, 5.41) is 3.71. The maximum absolute atomic E-state index is 13.7. The molecule has 166 valence electrons. The third-order valence-corrected chi connectivity index (χ3v) is 6.76. The van der Waals surface area contributed by atoms with Crippen molar-refractivity contribution < 1.29 is 4.79 Å². The fraction of sp³-hybridized carbons (Fsp3) is 0.179. The highest BCUT2D eigenvalue weighted by atomic mass is 35.5. The number of carbonyl (C=O) groups is 1. The number of hydrogen-bond donors (Lipinski definition) is 1. The highest BCUT2D eigenvalue weighted by Gasteiger charge is 2.33. The van der Waals surface area contributed by atoms with Crippen molar-refractivity contribution in [2.24, 2.45) is 0 Å². The third-order valence-electron chi connectivity index (χ3n) is 6.35. The van der Waals surface area contributed by atoms with Gasteiger partial charge in [0.1, 0.15) is 0 Å². The first-order chi connectivity index (χ1) is 16.0. The monoisotopic (exact) mass is 455 g/mol. The van der Waals surface area contributed by atoms with Gasteiger partial charge < -0.3 is 14.8 Å². The lowest BCUT2D eigenvalue weighted by atomic mass is 10.00. The molecular weight excluding hydrogens is 430 g/mol. The average Bonchev–Trinajstić information content (AvgIpc) is 3.26. The number of carbonyl (C=O) groups excluding carboxylic acids is 1. The van der Waals surface area contributed by atoms with Crippen molar-refractivity contribution in [3.05, 3.63) is 118 Å². The number of benzene rings is 3. The van der Waals surface area contributed by atoms with E-state index in [0.717, 1.165) is 34.5 Å². The molecule has 2 heterocycles. The number of nitrogens with zero attached hydrogens (tertiary/aromatic N) is 2. The van der Waals surface area contributed by atoms with Crippen molar-refractivity contribution in [2.75, 3.05) is 5.32 Å². The fourth-order valence-corrected chi connectivity index (χ4v) is 4.67. The lowest BCUT2D eigenvalue weighted by Crippen LogP contribution is -2.37. The third kappa shape index (κ3) is 4.03. The second-order valence-corrected chi connectivity index (χ2v) is 8.86. The number of halogens is 1. The number of amides is 2. The summed E-state index contributed by atoms with van der Waals surface area (Å²) in [6.45, 7) is 4.59. The maximum atomic E-state index is 13.7. The summed E-state index contributed by atoms with van der Waals surface area (Å²) >= 11 is 6.31. The molecule has 1 N–H and O–H groups in total. The molecule has 3 aromatic carbocycles. The zero-order chi connectivity index (χ0) is 22.9. The molecule has 0 bridgehead atoms. The van der Waals surface area contributed by atoms with E-state index < -0.39 is 0 Å². The van der Waals surface area contributed by atoms with E-state index in [1.165, 1.54) is 5.56 Å². The van der Waals surface area contributed by atoms with Crippen LogP contribution >= 0.6 is 11.6 Å². The molecule has 0 saturated carbocycles. The number of aromatic nitrogens is 1. The molecule has 1 atom stereocenters. The molecule has 0 radical (unpaired) electrons. The molecule has 1 aliphatic rings. The lowest BCUT2D eigenvalue weighted by molar-refractivity contribution is 0.194. The summed E-state index contributed by atoms with van der Waals surface area (Å²) in [6, 6.07) is 26.2. The van der Waals surface area contributed by atoms with Gasteiger partial charge in [-0.15, -0.1) is 0 Å². The average molecular weight is 456 g/mol. The summed E-state index contributed by atoms with van der Waals surface area (Å²) in [6.07, 6.45) is 3.05. The molecular formula is C28H26ClN3O. The first kappa shape index (κ1) is 21.4. The summed E-state index contributed by atoms with van der Waals surface area (Å²) in [5.74, 6) is 0. The molecule has 5 rings (SSSR count). The first-order valence-corrected chi connectivity index (χ1v) is 11.6. The van der Waals surface area contributed by atoms with Crippen LogP contribution < -0.4 is 5.32 Å². The second kappa shape index (κ2) is 8.80. The van der Waals surface area contributed by atoms with Crippen molar-refractivity contribution in [3.8, 4) is 5.69 Å². The molecule has 5 heteroatoms. The minimum atomic E-state index is -0.237. The Labute approximate surface area is 199 Å². The lowest BCUT2D eigenvalue weighted by Gasteiger charge is -2.31. The Balaban J connectivity index is 1.61. The van der Waals surface area contributed by atoms with Gasteiger partial charge in [0.05, 0.1) is 18.3 Å². The van der Waals surface area contributed by atoms with Gasteiger partial charge in [0.15, 0.2) is 0 Å². The van der Waals surface area contributed by atoms with Gasteiger partial charge in [0.25, 0.3) is 0 Å². The quantitative estimate of drug-likeness (QED) is 0.350. The van der Waals surface area contributed by atoms with E-state index in [0.29, 0.717) is 17.3 Å². The van der Waals surface area contributed by atoms with Gasteiger partial charge in [-0.05, 0) is 65.9 Å². The Morgan fingerprint density at radius 1 is 1.03 bits per heavy atom. The Hall–Kier alpha value is -3.50. The first-order valence-electron chi connectivity index (χ1n) is 11.2. The summed E-state index contributed by atoms with van der Waals surface area (Å²) in [4.78, 5) is 15.6. The fourth-order valence-electron chi connectivity index (χ4n) is 4.49. The number of anilines is 1. The Kier molecular flexibility index (Phi) is 5.69. The number of rotatable bonds is 3. The van der Waals surface area contributed by atoms with E-state index in [4.69, 9.17) is 11.6 Å². The van der Waals surface area contributed by atoms with E-state index in [1.807, 2.05) is 42.2 Å². The van der Waals surface area contributed by atoms with Crippen LogP contribution in [0.5, 0.6) is 0 Å². The molecule has 0 spiro atoms. The van der Waals surface area contributed by atoms with Crippen LogP contribution in [0.4, 0.5) is 10.5 Å². The minimum absolute atomic E-state index is 0.163. The zero-order valence-corrected chi connectivity index (χ0v) is 19.5. The summed E-state index contributed by atoms with van der Waals surface area (Å²) in [7, 11) is 0. The van der Waals surface area contributed by atoms with Gasteiger partial charge in [0, 0.05) is 22.6 Å². The van der Waals surface area contributed by atoms with E-state index in [-0.39, 0.29) is 12.1 Å². The number of aryl methyl sites for hydroxylation is 2. The predicted molar refractivity (Wildman–Crippen MR) is 134 cm³/mol. The smallest absolute Gasteiger partial charge is 0.318 e. The predicted octanol–water partition coefficient (Wildman–Crippen LogP) is 7.14. The molecule has 0 aliphatic carbocycles. The van der Waals surface area contributed by atoms with Gasteiger partial charge in [-0.25, -0.2) is 4.79 Å². The summed E-state index contributed by atoms with van der Waals surface area (Å²) < 4.78 is 2.20. The van der Waals surface area contributed by atoms with Crippen LogP contribution in [0.3, 0.4) is 0 Å². The highest BCUT2D eigenvalue weighted by Crippen LogP contribution is 2.37. The van der Waals surface area contributed by atoms with Crippen molar-refractivity contribution in [3.63, 3.8) is 0 Å². The van der Waals surface area contributed by atoms with Crippen molar-refractivity contribution >= 4 is 23.3 Å². The van der Waals surface area contributed by atoms with Crippen LogP contribution in [0.2, 0.25) is 5.02 Å². The number of hydrogen-bond acceptors (Lipinski definition) is 1. The van der Waals surface area contributed by atoms with Crippen molar-refractivity contribution in [1.82, 2.24) is 9.47 Å². The van der Waals surface area contributed by atoms with E-state index in [2.05, 4.69) is 65.5 Å². The van der Waals surface area contributed by atoms with E-state index in [1.54, 1.807) is 6.07 Å². The molecule has 33 heavy (non-hydrogen) atoms. The van der Waals surface area contributed by atoms with Crippen LogP contribution in [0, 0.1) is 6.92 Å². The van der Waals surface area contributed by atoms with Crippen LogP contribution in [0.15, 0.2) is 85.1 Å². The maximum Gasteiger partial charge on any atom is 0.322 e. The largest absolute Gasteiger partial charge is 0.322 e. The molecule has 0 unspecified atom stereocenters. The number of nitrogens with one attached hydrogen (secondary N) is 1. The second-order valence-electron chi connectivity index (χ2n) is 8.45. The Morgan fingerprint density at radius 2 is 1.82 bits per heavy atom. The molecule has 2 amide bonds. The van der Waals surface area contributed by atoms with E-state index in [9.17, 15) is 4.79 Å². The normalized spacial score (nSPS) is 14.9. The number of urea groups is 1. The molecule has 1 aromatic heterocycles. The molecule has 0 fully saturated rings. The van der Waals surface area contributed by atoms with E-state index >= 15 is 0 Å². The van der Waals surface area contributed by atoms with Crippen LogP contribution in [-0.4, -0.2) is 15.5 Å². The molecule has 4 aromatic rings. The Bertz CT molecular complexity index is 1310. The van der Waals surface area contributed by atoms with Crippen LogP contribution in [0.25, 0.3) is 5.69 Å². The van der Waals surface area contributed by atoms with Crippen LogP contribution in [-0.2, 0) is 13.0 Å². The molecule has 1 aliphatic heterocycles. The van der Waals surface area contributed by atoms with Crippen LogP contribution in [0.1, 0.15) is 40.9 Å². The molecule has 4 nitrogen and oxygen atoms in total. The summed E-state index contributed by atoms with van der Waals surface area (Å²) in [5.41, 5.74) is 7.27. The number of para-hydroxylation sites is 1. The highest BCUT2D eigenvalue weighted by molar-refractivity contribution is 6.31. The van der Waals surface area contributed by atoms with Gasteiger partial charge in [-0.3, -0.25) is 0 Å². The Morgan fingerprint density at radius 3 is 2.58 bits per heavy atom. The van der Waals surface area contributed by atoms with Crippen molar-refractivity contribution in [2.45, 2.75) is 32.9 Å². The SMILES string of the molecule is CCc1ccc([C@@H]2c3cccn3-c3ccccc3CN2C(=O)Nc2ccc(C)c(Cl)c2)cc1.